The van der Waals surface area contributed by atoms with E-state index < -0.39 is 6.04 Å². The Hall–Kier alpha value is -2.41. The molecule has 0 bridgehead atoms. The number of hydrogen-bond donors (Lipinski definition) is 2. The van der Waals surface area contributed by atoms with Crippen LogP contribution in [0.2, 0.25) is 5.02 Å². The Morgan fingerprint density at radius 2 is 1.66 bits per heavy atom. The summed E-state index contributed by atoms with van der Waals surface area (Å²) in [6.45, 7) is 11.6. The second-order valence-electron chi connectivity index (χ2n) is 8.58. The van der Waals surface area contributed by atoms with Gasteiger partial charge in [-0.1, -0.05) is 44.5 Å². The monoisotopic (exact) mass is 501 g/mol. The van der Waals surface area contributed by atoms with E-state index >= 15 is 0 Å². The molecule has 0 fully saturated rings. The summed E-state index contributed by atoms with van der Waals surface area (Å²) in [6.07, 6.45) is 2.64. The number of ketones is 1. The third-order valence-corrected chi connectivity index (χ3v) is 6.19. The van der Waals surface area contributed by atoms with Gasteiger partial charge >= 0.3 is 0 Å². The molecule has 0 saturated heterocycles. The summed E-state index contributed by atoms with van der Waals surface area (Å²) in [7, 11) is 0. The first-order valence-electron chi connectivity index (χ1n) is 12.7. The van der Waals surface area contributed by atoms with Crippen LogP contribution in [0.4, 0.5) is 0 Å². The maximum atomic E-state index is 13.0. The Morgan fingerprint density at radius 3 is 2.29 bits per heavy atom. The Bertz CT molecular complexity index is 883. The fourth-order valence-electron chi connectivity index (χ4n) is 3.74. The van der Waals surface area contributed by atoms with Crippen molar-refractivity contribution in [1.82, 2.24) is 15.5 Å². The zero-order valence-electron chi connectivity index (χ0n) is 21.3. The molecule has 0 aromatic heterocycles. The van der Waals surface area contributed by atoms with Crippen molar-refractivity contribution in [2.45, 2.75) is 52.5 Å². The summed E-state index contributed by atoms with van der Waals surface area (Å²) < 4.78 is 5.87. The molecule has 1 atom stereocenters. The molecule has 2 aromatic rings. The summed E-state index contributed by atoms with van der Waals surface area (Å²) in [5.74, 6) is 0.557. The predicted octanol–water partition coefficient (Wildman–Crippen LogP) is 4.75. The van der Waals surface area contributed by atoms with E-state index in [2.05, 4.69) is 36.3 Å². The highest BCUT2D eigenvalue weighted by Gasteiger charge is 2.21. The van der Waals surface area contributed by atoms with Gasteiger partial charge in [0, 0.05) is 23.6 Å². The molecule has 0 heterocycles. The molecule has 6 nitrogen and oxygen atoms in total. The van der Waals surface area contributed by atoms with Gasteiger partial charge in [0.05, 0.1) is 6.04 Å². The highest BCUT2D eigenvalue weighted by atomic mass is 35.5. The zero-order valence-corrected chi connectivity index (χ0v) is 22.1. The molecule has 7 heteroatoms. The Kier molecular flexibility index (Phi) is 13.4. The third-order valence-electron chi connectivity index (χ3n) is 5.94. The number of rotatable bonds is 17. The van der Waals surface area contributed by atoms with Crippen molar-refractivity contribution in [2.24, 2.45) is 0 Å². The zero-order chi connectivity index (χ0) is 25.5. The highest BCUT2D eigenvalue weighted by molar-refractivity contribution is 6.30. The number of nitrogens with one attached hydrogen (secondary N) is 2. The number of carbonyl (C=O) groups is 2. The summed E-state index contributed by atoms with van der Waals surface area (Å²) in [5, 5.41) is 6.82. The van der Waals surface area contributed by atoms with E-state index in [0.717, 1.165) is 56.9 Å². The van der Waals surface area contributed by atoms with Crippen molar-refractivity contribution in [1.29, 1.82) is 0 Å². The molecule has 35 heavy (non-hydrogen) atoms. The van der Waals surface area contributed by atoms with E-state index in [1.165, 1.54) is 0 Å². The number of Topliss-reactive ketones (excluding diaryl/α,β-unsaturated/α-hetero) is 1. The number of carbonyl (C=O) groups excluding carboxylic acids is 2. The van der Waals surface area contributed by atoms with Crippen LogP contribution in [-0.2, 0) is 11.2 Å². The van der Waals surface area contributed by atoms with Gasteiger partial charge in [-0.2, -0.15) is 0 Å². The second kappa shape index (κ2) is 16.3. The molecule has 0 unspecified atom stereocenters. The highest BCUT2D eigenvalue weighted by Crippen LogP contribution is 2.15. The lowest BCUT2D eigenvalue weighted by Crippen LogP contribution is -2.42. The van der Waals surface area contributed by atoms with Crippen LogP contribution in [-0.4, -0.2) is 62.0 Å². The van der Waals surface area contributed by atoms with Crippen molar-refractivity contribution in [2.75, 3.05) is 39.3 Å². The molecular formula is C28H40ClN3O3. The first-order valence-corrected chi connectivity index (χ1v) is 13.1. The summed E-state index contributed by atoms with van der Waals surface area (Å²) in [5.41, 5.74) is 1.45. The Balaban J connectivity index is 2.00. The maximum absolute atomic E-state index is 13.0. The van der Waals surface area contributed by atoms with Gasteiger partial charge in [-0.05, 0) is 87.4 Å². The molecular weight excluding hydrogens is 462 g/mol. The van der Waals surface area contributed by atoms with Crippen molar-refractivity contribution >= 4 is 23.3 Å². The average molecular weight is 502 g/mol. The van der Waals surface area contributed by atoms with Gasteiger partial charge in [-0.15, -0.1) is 0 Å². The van der Waals surface area contributed by atoms with E-state index in [0.29, 0.717) is 30.0 Å². The quantitative estimate of drug-likeness (QED) is 0.306. The lowest BCUT2D eigenvalue weighted by molar-refractivity contribution is -0.121. The van der Waals surface area contributed by atoms with E-state index in [-0.39, 0.29) is 11.7 Å². The number of halogens is 1. The molecule has 0 radical (unpaired) electrons. The van der Waals surface area contributed by atoms with Crippen LogP contribution in [0.15, 0.2) is 48.5 Å². The predicted molar refractivity (Wildman–Crippen MR) is 144 cm³/mol. The Labute approximate surface area is 215 Å². The maximum Gasteiger partial charge on any atom is 0.251 e. The molecule has 2 rings (SSSR count). The third kappa shape index (κ3) is 10.8. The number of benzene rings is 2. The number of likely N-dealkylation sites (N-methyl/N-ethyl adjacent to an activating group) is 1. The van der Waals surface area contributed by atoms with Crippen molar-refractivity contribution in [3.8, 4) is 5.75 Å². The van der Waals surface area contributed by atoms with Gasteiger partial charge in [-0.25, -0.2) is 0 Å². The average Bonchev–Trinajstić information content (AvgIpc) is 2.87. The molecule has 0 aliphatic heterocycles. The van der Waals surface area contributed by atoms with Gasteiger partial charge in [0.2, 0.25) is 0 Å². The molecule has 2 N–H and O–H groups in total. The first-order chi connectivity index (χ1) is 17.0. The first kappa shape index (κ1) is 28.8. The smallest absolute Gasteiger partial charge is 0.251 e. The van der Waals surface area contributed by atoms with E-state index in [1.54, 1.807) is 24.3 Å². The van der Waals surface area contributed by atoms with Gasteiger partial charge in [-0.3, -0.25) is 9.59 Å². The summed E-state index contributed by atoms with van der Waals surface area (Å²) in [6, 6.07) is 13.9. The number of hydrogen-bond acceptors (Lipinski definition) is 5. The van der Waals surface area contributed by atoms with Crippen LogP contribution >= 0.6 is 11.6 Å². The SMILES string of the molecule is CCCNCCCC(=O)[C@H](Cc1ccc(OCCN(CC)CC)cc1)NC(=O)c1ccc(Cl)cc1. The van der Waals surface area contributed by atoms with Crippen LogP contribution in [0.3, 0.4) is 0 Å². The number of amides is 1. The van der Waals surface area contributed by atoms with Crippen molar-refractivity contribution in [3.05, 3.63) is 64.7 Å². The minimum atomic E-state index is -0.598. The van der Waals surface area contributed by atoms with Gasteiger partial charge in [0.25, 0.3) is 5.91 Å². The molecule has 0 aliphatic carbocycles. The van der Waals surface area contributed by atoms with Crippen LogP contribution in [0.25, 0.3) is 0 Å². The molecule has 0 aliphatic rings. The van der Waals surface area contributed by atoms with E-state index in [4.69, 9.17) is 16.3 Å². The van der Waals surface area contributed by atoms with Crippen LogP contribution in [0.5, 0.6) is 5.75 Å². The molecule has 1 amide bonds. The van der Waals surface area contributed by atoms with Crippen LogP contribution in [0.1, 0.15) is 56.0 Å². The number of nitrogens with zero attached hydrogens (tertiary/aromatic N) is 1. The minimum Gasteiger partial charge on any atom is -0.492 e. The van der Waals surface area contributed by atoms with E-state index in [1.807, 2.05) is 24.3 Å². The fraction of sp³-hybridized carbons (Fsp3) is 0.500. The summed E-state index contributed by atoms with van der Waals surface area (Å²) >= 11 is 5.94. The largest absolute Gasteiger partial charge is 0.492 e. The topological polar surface area (TPSA) is 70.7 Å². The van der Waals surface area contributed by atoms with Crippen molar-refractivity contribution in [3.63, 3.8) is 0 Å². The van der Waals surface area contributed by atoms with Gasteiger partial charge in [0.1, 0.15) is 12.4 Å². The minimum absolute atomic E-state index is 0.0326. The van der Waals surface area contributed by atoms with Crippen LogP contribution in [0, 0.1) is 0 Å². The lowest BCUT2D eigenvalue weighted by atomic mass is 9.99. The van der Waals surface area contributed by atoms with Crippen molar-refractivity contribution < 1.29 is 14.3 Å². The fourth-order valence-corrected chi connectivity index (χ4v) is 3.87. The van der Waals surface area contributed by atoms with Gasteiger partial charge in [0.15, 0.2) is 5.78 Å². The molecule has 0 saturated carbocycles. The second-order valence-corrected chi connectivity index (χ2v) is 9.01. The number of ether oxygens (including phenoxy) is 1. The standard InChI is InChI=1S/C28H40ClN3O3/c1-4-17-30-18-7-8-27(33)26(31-28(34)23-11-13-24(29)14-12-23)21-22-9-15-25(16-10-22)35-20-19-32(5-2)6-3/h9-16,26,30H,4-8,17-21H2,1-3H3,(H,31,34)/t26-/m0/s1. The van der Waals surface area contributed by atoms with E-state index in [9.17, 15) is 9.59 Å². The molecule has 2 aromatic carbocycles. The Morgan fingerprint density at radius 1 is 0.971 bits per heavy atom. The molecule has 0 spiro atoms. The van der Waals surface area contributed by atoms with Crippen LogP contribution < -0.4 is 15.4 Å². The van der Waals surface area contributed by atoms with Gasteiger partial charge < -0.3 is 20.3 Å². The summed E-state index contributed by atoms with van der Waals surface area (Å²) in [4.78, 5) is 28.2. The molecule has 192 valence electrons. The lowest BCUT2D eigenvalue weighted by Gasteiger charge is -2.19. The normalized spacial score (nSPS) is 11.9.